The second-order valence-electron chi connectivity index (χ2n) is 6.39. The molecule has 0 radical (unpaired) electrons. The van der Waals surface area contributed by atoms with Gasteiger partial charge in [-0.3, -0.25) is 4.79 Å². The van der Waals surface area contributed by atoms with Crippen molar-refractivity contribution in [2.24, 2.45) is 17.3 Å². The first-order valence-electron chi connectivity index (χ1n) is 6.41. The zero-order valence-electron chi connectivity index (χ0n) is 10.4. The van der Waals surface area contributed by atoms with E-state index in [0.717, 1.165) is 31.6 Å². The molecule has 1 saturated heterocycles. The summed E-state index contributed by atoms with van der Waals surface area (Å²) >= 11 is 0. The van der Waals surface area contributed by atoms with Gasteiger partial charge in [0.2, 0.25) is 0 Å². The van der Waals surface area contributed by atoms with Crippen LogP contribution in [0.2, 0.25) is 0 Å². The van der Waals surface area contributed by atoms with E-state index >= 15 is 0 Å². The number of carboxylic acids is 1. The summed E-state index contributed by atoms with van der Waals surface area (Å²) in [6.07, 6.45) is 3.98. The Labute approximate surface area is 97.8 Å². The molecule has 0 aromatic rings. The minimum atomic E-state index is -0.594. The van der Waals surface area contributed by atoms with Crippen LogP contribution in [0.15, 0.2) is 0 Å². The highest BCUT2D eigenvalue weighted by molar-refractivity contribution is 5.69. The number of hydrogen-bond donors (Lipinski definition) is 1. The van der Waals surface area contributed by atoms with Gasteiger partial charge < -0.3 is 10.0 Å². The van der Waals surface area contributed by atoms with Crippen LogP contribution in [-0.4, -0.2) is 35.6 Å². The van der Waals surface area contributed by atoms with E-state index in [1.54, 1.807) is 0 Å². The normalized spacial score (nSPS) is 34.4. The average molecular weight is 225 g/mol. The van der Waals surface area contributed by atoms with Crippen LogP contribution >= 0.6 is 0 Å². The van der Waals surface area contributed by atoms with E-state index < -0.39 is 5.97 Å². The maximum atomic E-state index is 10.8. The summed E-state index contributed by atoms with van der Waals surface area (Å²) < 4.78 is 0. The molecule has 1 aliphatic carbocycles. The lowest BCUT2D eigenvalue weighted by molar-refractivity contribution is -0.143. The van der Waals surface area contributed by atoms with E-state index in [1.807, 2.05) is 0 Å². The van der Waals surface area contributed by atoms with E-state index in [-0.39, 0.29) is 5.92 Å². The maximum absolute atomic E-state index is 10.8. The Morgan fingerprint density at radius 1 is 1.25 bits per heavy atom. The molecule has 16 heavy (non-hydrogen) atoms. The number of hydrogen-bond acceptors (Lipinski definition) is 2. The standard InChI is InChI=1S/C13H23NO2/c1-13(2)8-14(9-13)7-10-3-5-11(6-4-10)12(15)16/h10-11H,3-9H2,1-2H3,(H,15,16). The minimum Gasteiger partial charge on any atom is -0.481 e. The van der Waals surface area contributed by atoms with Crippen LogP contribution in [0.3, 0.4) is 0 Å². The van der Waals surface area contributed by atoms with Crippen LogP contribution in [0.25, 0.3) is 0 Å². The van der Waals surface area contributed by atoms with Crippen molar-refractivity contribution >= 4 is 5.97 Å². The lowest BCUT2D eigenvalue weighted by Crippen LogP contribution is -2.54. The third-order valence-electron chi connectivity index (χ3n) is 4.02. The Morgan fingerprint density at radius 2 is 1.81 bits per heavy atom. The molecule has 0 aromatic heterocycles. The van der Waals surface area contributed by atoms with Gasteiger partial charge in [-0.15, -0.1) is 0 Å². The first-order chi connectivity index (χ1) is 7.46. The van der Waals surface area contributed by atoms with Crippen molar-refractivity contribution in [1.82, 2.24) is 4.90 Å². The van der Waals surface area contributed by atoms with Crippen molar-refractivity contribution in [3.63, 3.8) is 0 Å². The van der Waals surface area contributed by atoms with Gasteiger partial charge in [0.05, 0.1) is 5.92 Å². The molecule has 0 bridgehead atoms. The summed E-state index contributed by atoms with van der Waals surface area (Å²) in [5.41, 5.74) is 0.512. The third-order valence-corrected chi connectivity index (χ3v) is 4.02. The van der Waals surface area contributed by atoms with E-state index in [1.165, 1.54) is 19.6 Å². The van der Waals surface area contributed by atoms with Crippen molar-refractivity contribution in [3.05, 3.63) is 0 Å². The molecule has 1 N–H and O–H groups in total. The third kappa shape index (κ3) is 2.76. The maximum Gasteiger partial charge on any atom is 0.306 e. The highest BCUT2D eigenvalue weighted by Crippen LogP contribution is 2.34. The molecule has 1 heterocycles. The summed E-state index contributed by atoms with van der Waals surface area (Å²) in [6, 6.07) is 0. The predicted octanol–water partition coefficient (Wildman–Crippen LogP) is 2.22. The molecular formula is C13H23NO2. The fourth-order valence-electron chi connectivity index (χ4n) is 3.25. The molecule has 2 rings (SSSR count). The van der Waals surface area contributed by atoms with E-state index in [4.69, 9.17) is 5.11 Å². The van der Waals surface area contributed by atoms with Crippen LogP contribution in [0.4, 0.5) is 0 Å². The number of aliphatic carboxylic acids is 1. The number of carboxylic acid groups (broad SMARTS) is 1. The topological polar surface area (TPSA) is 40.5 Å². The average Bonchev–Trinajstić information content (AvgIpc) is 2.15. The number of rotatable bonds is 3. The lowest BCUT2D eigenvalue weighted by atomic mass is 9.79. The molecule has 0 amide bonds. The number of likely N-dealkylation sites (tertiary alicyclic amines) is 1. The second kappa shape index (κ2) is 4.36. The smallest absolute Gasteiger partial charge is 0.306 e. The minimum absolute atomic E-state index is 0.0657. The quantitative estimate of drug-likeness (QED) is 0.800. The summed E-state index contributed by atoms with van der Waals surface area (Å²) in [6.45, 7) is 8.24. The molecule has 0 atom stereocenters. The van der Waals surface area contributed by atoms with Crippen LogP contribution < -0.4 is 0 Å². The summed E-state index contributed by atoms with van der Waals surface area (Å²) in [7, 11) is 0. The van der Waals surface area contributed by atoms with Gasteiger partial charge in [-0.1, -0.05) is 13.8 Å². The van der Waals surface area contributed by atoms with Crippen molar-refractivity contribution < 1.29 is 9.90 Å². The Balaban J connectivity index is 1.68. The first kappa shape index (κ1) is 11.9. The van der Waals surface area contributed by atoms with Gasteiger partial charge in [0.15, 0.2) is 0 Å². The molecule has 0 unspecified atom stereocenters. The SMILES string of the molecule is CC1(C)CN(CC2CCC(C(=O)O)CC2)C1. The molecule has 3 nitrogen and oxygen atoms in total. The highest BCUT2D eigenvalue weighted by Gasteiger charge is 2.36. The summed E-state index contributed by atoms with van der Waals surface area (Å²) in [5, 5.41) is 8.92. The van der Waals surface area contributed by atoms with Gasteiger partial charge in [0.25, 0.3) is 0 Å². The fraction of sp³-hybridized carbons (Fsp3) is 0.923. The first-order valence-corrected chi connectivity index (χ1v) is 6.41. The van der Waals surface area contributed by atoms with Crippen molar-refractivity contribution in [2.45, 2.75) is 39.5 Å². The monoisotopic (exact) mass is 225 g/mol. The zero-order valence-corrected chi connectivity index (χ0v) is 10.4. The van der Waals surface area contributed by atoms with E-state index in [9.17, 15) is 4.79 Å². The van der Waals surface area contributed by atoms with Crippen LogP contribution in [0.5, 0.6) is 0 Å². The van der Waals surface area contributed by atoms with Crippen LogP contribution in [0.1, 0.15) is 39.5 Å². The van der Waals surface area contributed by atoms with Crippen molar-refractivity contribution in [2.75, 3.05) is 19.6 Å². The molecule has 0 spiro atoms. The van der Waals surface area contributed by atoms with Gasteiger partial charge in [0, 0.05) is 19.6 Å². The number of carbonyl (C=O) groups is 1. The Hall–Kier alpha value is -0.570. The molecule has 2 fully saturated rings. The predicted molar refractivity (Wildman–Crippen MR) is 63.3 cm³/mol. The van der Waals surface area contributed by atoms with Gasteiger partial charge in [-0.05, 0) is 37.0 Å². The summed E-state index contributed by atoms with van der Waals surface area (Å²) in [4.78, 5) is 13.3. The fourth-order valence-corrected chi connectivity index (χ4v) is 3.25. The lowest BCUT2D eigenvalue weighted by Gasteiger charge is -2.47. The Morgan fingerprint density at radius 3 is 2.25 bits per heavy atom. The second-order valence-corrected chi connectivity index (χ2v) is 6.39. The molecule has 3 heteroatoms. The molecule has 0 aromatic carbocycles. The van der Waals surface area contributed by atoms with Crippen molar-refractivity contribution in [3.8, 4) is 0 Å². The molecule has 1 saturated carbocycles. The van der Waals surface area contributed by atoms with Gasteiger partial charge >= 0.3 is 5.97 Å². The molecule has 2 aliphatic rings. The van der Waals surface area contributed by atoms with Gasteiger partial charge in [-0.25, -0.2) is 0 Å². The highest BCUT2D eigenvalue weighted by atomic mass is 16.4. The van der Waals surface area contributed by atoms with E-state index in [0.29, 0.717) is 5.41 Å². The van der Waals surface area contributed by atoms with Crippen molar-refractivity contribution in [1.29, 1.82) is 0 Å². The van der Waals surface area contributed by atoms with Gasteiger partial charge in [0.1, 0.15) is 0 Å². The largest absolute Gasteiger partial charge is 0.481 e. The Kier molecular flexibility index (Phi) is 3.24. The molecular weight excluding hydrogens is 202 g/mol. The van der Waals surface area contributed by atoms with Gasteiger partial charge in [-0.2, -0.15) is 0 Å². The Bertz CT molecular complexity index is 259. The van der Waals surface area contributed by atoms with E-state index in [2.05, 4.69) is 18.7 Å². The van der Waals surface area contributed by atoms with Crippen LogP contribution in [0, 0.1) is 17.3 Å². The molecule has 1 aliphatic heterocycles. The zero-order chi connectivity index (χ0) is 11.8. The van der Waals surface area contributed by atoms with Crippen LogP contribution in [-0.2, 0) is 4.79 Å². The number of nitrogens with zero attached hydrogens (tertiary/aromatic N) is 1. The summed E-state index contributed by atoms with van der Waals surface area (Å²) in [5.74, 6) is 0.0827. The molecule has 92 valence electrons.